The third-order valence-corrected chi connectivity index (χ3v) is 6.98. The first-order valence-corrected chi connectivity index (χ1v) is 13.6. The molecule has 9 heteroatoms. The van der Waals surface area contributed by atoms with Crippen LogP contribution in [0.25, 0.3) is 0 Å². The molecule has 0 spiro atoms. The molecule has 0 fully saturated rings. The fraction of sp³-hybridized carbons (Fsp3) is 0.222. The minimum absolute atomic E-state index is 0.393. The SMILES string of the molecule is CCCc1nnc(SCc2ccc(Br)cc2)n1/N=C/c1ccc(OCc2cccc(Cl)c2)c(OC)c1. The summed E-state index contributed by atoms with van der Waals surface area (Å²) < 4.78 is 14.4. The van der Waals surface area contributed by atoms with Crippen LogP contribution in [0, 0.1) is 0 Å². The molecule has 0 saturated carbocycles. The first-order chi connectivity index (χ1) is 17.6. The first kappa shape index (κ1) is 26.3. The number of nitrogens with zero attached hydrogens (tertiary/aromatic N) is 4. The van der Waals surface area contributed by atoms with Crippen molar-refractivity contribution in [1.29, 1.82) is 0 Å². The van der Waals surface area contributed by atoms with Crippen molar-refractivity contribution >= 4 is 45.5 Å². The van der Waals surface area contributed by atoms with Crippen molar-refractivity contribution < 1.29 is 9.47 Å². The van der Waals surface area contributed by atoms with Crippen molar-refractivity contribution in [3.05, 3.63) is 98.7 Å². The van der Waals surface area contributed by atoms with Gasteiger partial charge in [0, 0.05) is 21.7 Å². The molecule has 0 aliphatic rings. The zero-order chi connectivity index (χ0) is 25.3. The van der Waals surface area contributed by atoms with Crippen LogP contribution in [0.5, 0.6) is 11.5 Å². The summed E-state index contributed by atoms with van der Waals surface area (Å²) in [7, 11) is 1.62. The summed E-state index contributed by atoms with van der Waals surface area (Å²) in [4.78, 5) is 0. The van der Waals surface area contributed by atoms with Crippen LogP contribution in [0.3, 0.4) is 0 Å². The summed E-state index contributed by atoms with van der Waals surface area (Å²) in [6, 6.07) is 21.6. The van der Waals surface area contributed by atoms with Crippen molar-refractivity contribution in [3.63, 3.8) is 0 Å². The second-order valence-electron chi connectivity index (χ2n) is 7.95. The number of hydrogen-bond donors (Lipinski definition) is 0. The van der Waals surface area contributed by atoms with Crippen LogP contribution in [0.4, 0.5) is 0 Å². The molecule has 0 atom stereocenters. The average molecular weight is 586 g/mol. The van der Waals surface area contributed by atoms with Gasteiger partial charge in [0.05, 0.1) is 13.3 Å². The fourth-order valence-electron chi connectivity index (χ4n) is 3.41. The first-order valence-electron chi connectivity index (χ1n) is 11.5. The lowest BCUT2D eigenvalue weighted by Crippen LogP contribution is -2.01. The van der Waals surface area contributed by atoms with E-state index in [0.717, 1.165) is 45.2 Å². The summed E-state index contributed by atoms with van der Waals surface area (Å²) >= 11 is 11.2. The van der Waals surface area contributed by atoms with Crippen molar-refractivity contribution in [2.75, 3.05) is 7.11 Å². The Kier molecular flexibility index (Phi) is 9.44. The van der Waals surface area contributed by atoms with E-state index in [1.54, 1.807) is 25.1 Å². The Morgan fingerprint density at radius 1 is 1.03 bits per heavy atom. The van der Waals surface area contributed by atoms with Crippen molar-refractivity contribution in [3.8, 4) is 11.5 Å². The standard InChI is InChI=1S/C27H26BrClN4O2S/c1-3-5-26-31-32-27(36-18-19-8-11-22(28)12-9-19)33(26)30-16-20-10-13-24(25(15-20)34-2)35-17-21-6-4-7-23(29)14-21/h4,6-16H,3,5,17-18H2,1-2H3/b30-16+. The van der Waals surface area contributed by atoms with E-state index in [-0.39, 0.29) is 0 Å². The van der Waals surface area contributed by atoms with Gasteiger partial charge < -0.3 is 9.47 Å². The van der Waals surface area contributed by atoms with Crippen LogP contribution in [-0.2, 0) is 18.8 Å². The molecule has 0 saturated heterocycles. The average Bonchev–Trinajstić information content (AvgIpc) is 3.27. The maximum atomic E-state index is 6.07. The van der Waals surface area contributed by atoms with Crippen LogP contribution >= 0.6 is 39.3 Å². The second kappa shape index (κ2) is 12.9. The highest BCUT2D eigenvalue weighted by atomic mass is 79.9. The number of aryl methyl sites for hydroxylation is 1. The van der Waals surface area contributed by atoms with Gasteiger partial charge in [-0.3, -0.25) is 0 Å². The molecule has 0 bridgehead atoms. The van der Waals surface area contributed by atoms with Crippen molar-refractivity contribution in [2.45, 2.75) is 37.3 Å². The van der Waals surface area contributed by atoms with Gasteiger partial charge >= 0.3 is 0 Å². The molecule has 4 aromatic rings. The lowest BCUT2D eigenvalue weighted by molar-refractivity contribution is 0.284. The minimum Gasteiger partial charge on any atom is -0.493 e. The van der Waals surface area contributed by atoms with E-state index in [0.29, 0.717) is 23.1 Å². The van der Waals surface area contributed by atoms with Gasteiger partial charge in [-0.05, 0) is 65.6 Å². The third kappa shape index (κ3) is 7.12. The molecular formula is C27H26BrClN4O2S. The Morgan fingerprint density at radius 2 is 1.86 bits per heavy atom. The van der Waals surface area contributed by atoms with Crippen molar-refractivity contribution in [1.82, 2.24) is 14.9 Å². The lowest BCUT2D eigenvalue weighted by Gasteiger charge is -2.11. The molecule has 36 heavy (non-hydrogen) atoms. The summed E-state index contributed by atoms with van der Waals surface area (Å²) in [5, 5.41) is 14.9. The Morgan fingerprint density at radius 3 is 2.61 bits per heavy atom. The van der Waals surface area contributed by atoms with Gasteiger partial charge in [0.1, 0.15) is 6.61 Å². The molecule has 0 radical (unpaired) electrons. The molecule has 0 aliphatic heterocycles. The summed E-state index contributed by atoms with van der Waals surface area (Å²) in [5.74, 6) is 2.89. The van der Waals surface area contributed by atoms with Gasteiger partial charge in [-0.25, -0.2) is 0 Å². The zero-order valence-corrected chi connectivity index (χ0v) is 23.2. The monoisotopic (exact) mass is 584 g/mol. The Labute approximate surface area is 228 Å². The predicted molar refractivity (Wildman–Crippen MR) is 149 cm³/mol. The maximum absolute atomic E-state index is 6.07. The Bertz CT molecular complexity index is 1330. The molecule has 1 aromatic heterocycles. The van der Waals surface area contributed by atoms with Gasteiger partial charge in [-0.2, -0.15) is 9.78 Å². The fourth-order valence-corrected chi connectivity index (χ4v) is 4.74. The van der Waals surface area contributed by atoms with Gasteiger partial charge in [-0.1, -0.05) is 70.5 Å². The minimum atomic E-state index is 0.393. The second-order valence-corrected chi connectivity index (χ2v) is 10.2. The van der Waals surface area contributed by atoms with Gasteiger partial charge in [-0.15, -0.1) is 10.2 Å². The van der Waals surface area contributed by atoms with Gasteiger partial charge in [0.2, 0.25) is 5.16 Å². The number of halogens is 2. The topological polar surface area (TPSA) is 61.5 Å². The molecule has 0 aliphatic carbocycles. The maximum Gasteiger partial charge on any atom is 0.212 e. The molecule has 4 rings (SSSR count). The quantitative estimate of drug-likeness (QED) is 0.135. The van der Waals surface area contributed by atoms with Crippen LogP contribution in [-0.4, -0.2) is 28.2 Å². The number of methoxy groups -OCH3 is 1. The van der Waals surface area contributed by atoms with E-state index >= 15 is 0 Å². The zero-order valence-electron chi connectivity index (χ0n) is 20.0. The number of aromatic nitrogens is 3. The lowest BCUT2D eigenvalue weighted by atomic mass is 10.2. The Balaban J connectivity index is 1.49. The summed E-state index contributed by atoms with van der Waals surface area (Å²) in [6.07, 6.45) is 3.54. The van der Waals surface area contributed by atoms with E-state index in [1.807, 2.05) is 59.3 Å². The van der Waals surface area contributed by atoms with Gasteiger partial charge in [0.15, 0.2) is 17.3 Å². The Hall–Kier alpha value is -2.81. The largest absolute Gasteiger partial charge is 0.493 e. The highest BCUT2D eigenvalue weighted by Crippen LogP contribution is 2.29. The van der Waals surface area contributed by atoms with Crippen LogP contribution < -0.4 is 9.47 Å². The molecule has 1 heterocycles. The summed E-state index contributed by atoms with van der Waals surface area (Å²) in [6.45, 7) is 2.51. The smallest absolute Gasteiger partial charge is 0.212 e. The highest BCUT2D eigenvalue weighted by Gasteiger charge is 2.12. The number of hydrogen-bond acceptors (Lipinski definition) is 6. The van der Waals surface area contributed by atoms with E-state index in [9.17, 15) is 0 Å². The number of benzene rings is 3. The van der Waals surface area contributed by atoms with E-state index in [2.05, 4.69) is 45.2 Å². The van der Waals surface area contributed by atoms with E-state index < -0.39 is 0 Å². The highest BCUT2D eigenvalue weighted by molar-refractivity contribution is 9.10. The molecule has 3 aromatic carbocycles. The molecular weight excluding hydrogens is 560 g/mol. The molecule has 6 nitrogen and oxygen atoms in total. The number of thioether (sulfide) groups is 1. The summed E-state index contributed by atoms with van der Waals surface area (Å²) in [5.41, 5.74) is 3.07. The van der Waals surface area contributed by atoms with Crippen LogP contribution in [0.15, 0.2) is 81.5 Å². The molecule has 0 unspecified atom stereocenters. The van der Waals surface area contributed by atoms with Crippen molar-refractivity contribution in [2.24, 2.45) is 5.10 Å². The molecule has 186 valence electrons. The predicted octanol–water partition coefficient (Wildman–Crippen LogP) is 7.41. The third-order valence-electron chi connectivity index (χ3n) is 5.22. The van der Waals surface area contributed by atoms with E-state index in [4.69, 9.17) is 26.2 Å². The molecule has 0 amide bonds. The molecule has 0 N–H and O–H groups in total. The number of rotatable bonds is 11. The van der Waals surface area contributed by atoms with E-state index in [1.165, 1.54) is 5.56 Å². The normalized spacial score (nSPS) is 11.2. The van der Waals surface area contributed by atoms with Gasteiger partial charge in [0.25, 0.3) is 0 Å². The van der Waals surface area contributed by atoms with Crippen LogP contribution in [0.2, 0.25) is 5.02 Å². The van der Waals surface area contributed by atoms with Crippen LogP contribution in [0.1, 0.15) is 35.9 Å². The number of ether oxygens (including phenoxy) is 2.